The van der Waals surface area contributed by atoms with Gasteiger partial charge in [-0.2, -0.15) is 0 Å². The number of rotatable bonds is 5. The van der Waals surface area contributed by atoms with Gasteiger partial charge in [-0.25, -0.2) is 0 Å². The Morgan fingerprint density at radius 2 is 2.07 bits per heavy atom. The second-order valence-corrected chi connectivity index (χ2v) is 4.57. The van der Waals surface area contributed by atoms with E-state index < -0.39 is 0 Å². The van der Waals surface area contributed by atoms with Gasteiger partial charge in [0.2, 0.25) is 0 Å². The molecule has 0 aromatic heterocycles. The third kappa shape index (κ3) is 3.92. The quantitative estimate of drug-likeness (QED) is 0.698. The number of ketones is 1. The molecule has 1 rings (SSSR count). The normalized spacial score (nSPS) is 20.9. The smallest absolute Gasteiger partial charge is 0.133 e. The summed E-state index contributed by atoms with van der Waals surface area (Å²) in [6, 6.07) is 1.14. The van der Waals surface area contributed by atoms with Crippen LogP contribution < -0.4 is 0 Å². The van der Waals surface area contributed by atoms with Crippen LogP contribution in [0.2, 0.25) is 0 Å². The van der Waals surface area contributed by atoms with Crippen molar-refractivity contribution in [3.63, 3.8) is 0 Å². The van der Waals surface area contributed by atoms with E-state index in [9.17, 15) is 4.79 Å². The van der Waals surface area contributed by atoms with E-state index in [0.717, 1.165) is 38.7 Å². The Morgan fingerprint density at radius 3 is 2.60 bits per heavy atom. The lowest BCUT2D eigenvalue weighted by Crippen LogP contribution is -2.41. The van der Waals surface area contributed by atoms with Gasteiger partial charge >= 0.3 is 0 Å². The molecule has 0 radical (unpaired) electrons. The molecule has 0 heterocycles. The molecule has 88 valence electrons. The number of hydrogen-bond acceptors (Lipinski definition) is 3. The molecule has 1 aliphatic rings. The topological polar surface area (TPSA) is 29.5 Å². The van der Waals surface area contributed by atoms with Crippen LogP contribution in [0.3, 0.4) is 0 Å². The summed E-state index contributed by atoms with van der Waals surface area (Å²) in [6.45, 7) is 3.05. The van der Waals surface area contributed by atoms with Crippen LogP contribution in [-0.4, -0.2) is 43.5 Å². The molecule has 1 fully saturated rings. The molecule has 0 aromatic carbocycles. The molecule has 0 bridgehead atoms. The highest BCUT2D eigenvalue weighted by Gasteiger charge is 2.24. The van der Waals surface area contributed by atoms with Crippen LogP contribution in [0.15, 0.2) is 0 Å². The molecule has 0 saturated heterocycles. The number of carbonyl (C=O) groups excluding carboxylic acids is 1. The summed E-state index contributed by atoms with van der Waals surface area (Å²) in [5, 5.41) is 0. The highest BCUT2D eigenvalue weighted by Crippen LogP contribution is 2.21. The minimum absolute atomic E-state index is 0.434. The van der Waals surface area contributed by atoms with E-state index >= 15 is 0 Å². The van der Waals surface area contributed by atoms with Crippen LogP contribution >= 0.6 is 0 Å². The van der Waals surface area contributed by atoms with Gasteiger partial charge in [0.25, 0.3) is 0 Å². The average Bonchev–Trinajstić information content (AvgIpc) is 2.26. The molecule has 0 aromatic rings. The fourth-order valence-corrected chi connectivity index (χ4v) is 2.18. The van der Waals surface area contributed by atoms with Crippen LogP contribution in [0.4, 0.5) is 0 Å². The molecule has 1 atom stereocenters. The van der Waals surface area contributed by atoms with Crippen LogP contribution in [0.5, 0.6) is 0 Å². The van der Waals surface area contributed by atoms with Crippen molar-refractivity contribution >= 4 is 5.78 Å². The Morgan fingerprint density at radius 1 is 1.47 bits per heavy atom. The summed E-state index contributed by atoms with van der Waals surface area (Å²) in [5.74, 6) is 0.434. The van der Waals surface area contributed by atoms with Crippen molar-refractivity contribution in [1.82, 2.24) is 4.90 Å². The van der Waals surface area contributed by atoms with Crippen molar-refractivity contribution in [1.29, 1.82) is 0 Å². The number of ether oxygens (including phenoxy) is 1. The van der Waals surface area contributed by atoms with Crippen molar-refractivity contribution in [3.8, 4) is 0 Å². The van der Waals surface area contributed by atoms with E-state index in [1.54, 1.807) is 7.11 Å². The Bertz CT molecular complexity index is 196. The standard InChI is InChI=1S/C12H23NO2/c1-10(8-9-15-3)13(2)11-4-6-12(14)7-5-11/h10-11H,4-9H2,1-3H3. The van der Waals surface area contributed by atoms with Gasteiger partial charge in [-0.05, 0) is 33.2 Å². The maximum atomic E-state index is 11.1. The second-order valence-electron chi connectivity index (χ2n) is 4.57. The summed E-state index contributed by atoms with van der Waals surface area (Å²) >= 11 is 0. The minimum atomic E-state index is 0.434. The fraction of sp³-hybridized carbons (Fsp3) is 0.917. The first kappa shape index (κ1) is 12.7. The van der Waals surface area contributed by atoms with E-state index in [0.29, 0.717) is 17.9 Å². The molecular formula is C12H23NO2. The lowest BCUT2D eigenvalue weighted by molar-refractivity contribution is -0.121. The highest BCUT2D eigenvalue weighted by molar-refractivity contribution is 5.79. The van der Waals surface area contributed by atoms with E-state index in [1.807, 2.05) is 0 Å². The van der Waals surface area contributed by atoms with Gasteiger partial charge in [0.05, 0.1) is 0 Å². The van der Waals surface area contributed by atoms with Gasteiger partial charge in [-0.1, -0.05) is 0 Å². The summed E-state index contributed by atoms with van der Waals surface area (Å²) < 4.78 is 5.09. The Hall–Kier alpha value is -0.410. The van der Waals surface area contributed by atoms with Crippen molar-refractivity contribution in [2.45, 2.75) is 51.1 Å². The van der Waals surface area contributed by atoms with Crippen molar-refractivity contribution < 1.29 is 9.53 Å². The average molecular weight is 213 g/mol. The number of hydrogen-bond donors (Lipinski definition) is 0. The first-order valence-electron chi connectivity index (χ1n) is 5.87. The van der Waals surface area contributed by atoms with Crippen LogP contribution in [-0.2, 0) is 9.53 Å². The monoisotopic (exact) mass is 213 g/mol. The van der Waals surface area contributed by atoms with E-state index in [4.69, 9.17) is 4.74 Å². The van der Waals surface area contributed by atoms with Crippen molar-refractivity contribution in [2.24, 2.45) is 0 Å². The van der Waals surface area contributed by atoms with Crippen molar-refractivity contribution in [2.75, 3.05) is 20.8 Å². The molecule has 1 aliphatic carbocycles. The molecule has 3 heteroatoms. The summed E-state index contributed by atoms with van der Waals surface area (Å²) in [6.07, 6.45) is 4.68. The maximum Gasteiger partial charge on any atom is 0.133 e. The first-order valence-corrected chi connectivity index (χ1v) is 5.87. The molecule has 0 spiro atoms. The van der Waals surface area contributed by atoms with Crippen LogP contribution in [0.25, 0.3) is 0 Å². The lowest BCUT2D eigenvalue weighted by atomic mass is 9.92. The Labute approximate surface area is 92.8 Å². The first-order chi connectivity index (χ1) is 7.15. The van der Waals surface area contributed by atoms with Gasteiger partial charge in [0, 0.05) is 38.6 Å². The molecule has 15 heavy (non-hydrogen) atoms. The third-order valence-corrected chi connectivity index (χ3v) is 3.52. The number of Topliss-reactive ketones (excluding diaryl/α,β-unsaturated/α-hetero) is 1. The highest BCUT2D eigenvalue weighted by atomic mass is 16.5. The van der Waals surface area contributed by atoms with Gasteiger partial charge in [-0.15, -0.1) is 0 Å². The number of methoxy groups -OCH3 is 1. The molecule has 1 unspecified atom stereocenters. The largest absolute Gasteiger partial charge is 0.385 e. The molecule has 0 amide bonds. The van der Waals surface area contributed by atoms with Crippen LogP contribution in [0, 0.1) is 0 Å². The molecular weight excluding hydrogens is 190 g/mol. The molecule has 0 N–H and O–H groups in total. The zero-order valence-electron chi connectivity index (χ0n) is 10.2. The molecule has 1 saturated carbocycles. The fourth-order valence-electron chi connectivity index (χ4n) is 2.18. The summed E-state index contributed by atoms with van der Waals surface area (Å²) in [4.78, 5) is 13.5. The van der Waals surface area contributed by atoms with Gasteiger partial charge in [0.15, 0.2) is 0 Å². The zero-order chi connectivity index (χ0) is 11.3. The van der Waals surface area contributed by atoms with Gasteiger partial charge in [-0.3, -0.25) is 4.79 Å². The summed E-state index contributed by atoms with van der Waals surface area (Å²) in [5.41, 5.74) is 0. The van der Waals surface area contributed by atoms with E-state index in [1.165, 1.54) is 0 Å². The zero-order valence-corrected chi connectivity index (χ0v) is 10.2. The van der Waals surface area contributed by atoms with E-state index in [2.05, 4.69) is 18.9 Å². The summed E-state index contributed by atoms with van der Waals surface area (Å²) in [7, 11) is 3.91. The Kier molecular flexibility index (Phi) is 5.26. The number of nitrogens with zero attached hydrogens (tertiary/aromatic N) is 1. The molecule has 3 nitrogen and oxygen atoms in total. The third-order valence-electron chi connectivity index (χ3n) is 3.52. The van der Waals surface area contributed by atoms with Gasteiger partial charge in [0.1, 0.15) is 5.78 Å². The van der Waals surface area contributed by atoms with Crippen molar-refractivity contribution in [3.05, 3.63) is 0 Å². The van der Waals surface area contributed by atoms with Crippen LogP contribution in [0.1, 0.15) is 39.0 Å². The van der Waals surface area contributed by atoms with E-state index in [-0.39, 0.29) is 0 Å². The lowest BCUT2D eigenvalue weighted by Gasteiger charge is -2.35. The second kappa shape index (κ2) is 6.23. The number of carbonyl (C=O) groups is 1. The molecule has 0 aliphatic heterocycles. The minimum Gasteiger partial charge on any atom is -0.385 e. The van der Waals surface area contributed by atoms with Gasteiger partial charge < -0.3 is 9.64 Å². The SMILES string of the molecule is COCCC(C)N(C)C1CCC(=O)CC1. The predicted molar refractivity (Wildman–Crippen MR) is 61.0 cm³/mol. The predicted octanol–water partition coefficient (Wildman–Crippen LogP) is 1.85. The maximum absolute atomic E-state index is 11.1. The Balaban J connectivity index is 2.32.